The van der Waals surface area contributed by atoms with Gasteiger partial charge in [0.25, 0.3) is 5.91 Å². The predicted octanol–water partition coefficient (Wildman–Crippen LogP) is 3.13. The second-order valence-corrected chi connectivity index (χ2v) is 6.52. The number of aliphatic hydroxyl groups excluding tert-OH is 1. The van der Waals surface area contributed by atoms with Crippen molar-refractivity contribution in [3.05, 3.63) is 88.5 Å². The van der Waals surface area contributed by atoms with Gasteiger partial charge in [0, 0.05) is 30.0 Å². The molecular weight excluding hydrogens is 350 g/mol. The summed E-state index contributed by atoms with van der Waals surface area (Å²) in [5.41, 5.74) is 2.58. The highest BCUT2D eigenvalue weighted by atomic mass is 35.5. The average Bonchev–Trinajstić information content (AvgIpc) is 3.08. The van der Waals surface area contributed by atoms with Gasteiger partial charge in [0.15, 0.2) is 0 Å². The zero-order chi connectivity index (χ0) is 18.5. The molecule has 1 amide bonds. The molecule has 134 valence electrons. The van der Waals surface area contributed by atoms with E-state index in [2.05, 4.69) is 10.3 Å². The number of aryl methyl sites for hydroxylation is 1. The number of rotatable bonds is 6. The highest BCUT2D eigenvalue weighted by Gasteiger charge is 2.16. The van der Waals surface area contributed by atoms with E-state index in [9.17, 15) is 9.90 Å². The first-order valence-corrected chi connectivity index (χ1v) is 8.68. The van der Waals surface area contributed by atoms with Crippen molar-refractivity contribution in [3.8, 4) is 0 Å². The van der Waals surface area contributed by atoms with Crippen LogP contribution >= 0.6 is 11.6 Å². The van der Waals surface area contributed by atoms with Crippen LogP contribution in [-0.4, -0.2) is 27.1 Å². The fourth-order valence-electron chi connectivity index (χ4n) is 2.79. The number of halogens is 1. The van der Waals surface area contributed by atoms with Crippen LogP contribution < -0.4 is 5.32 Å². The number of carbonyl (C=O) groups is 1. The van der Waals surface area contributed by atoms with Crippen molar-refractivity contribution in [2.45, 2.75) is 12.5 Å². The van der Waals surface area contributed by atoms with Gasteiger partial charge in [-0.3, -0.25) is 4.79 Å². The molecule has 0 saturated heterocycles. The van der Waals surface area contributed by atoms with Gasteiger partial charge in [-0.05, 0) is 35.7 Å². The third kappa shape index (κ3) is 4.31. The fraction of sp³-hybridized carbons (Fsp3) is 0.200. The van der Waals surface area contributed by atoms with Crippen LogP contribution in [-0.2, 0) is 13.5 Å². The number of aromatic nitrogens is 2. The molecule has 1 heterocycles. The Morgan fingerprint density at radius 2 is 1.96 bits per heavy atom. The Hall–Kier alpha value is -2.63. The first kappa shape index (κ1) is 18.2. The van der Waals surface area contributed by atoms with Gasteiger partial charge in [0.05, 0.1) is 6.54 Å². The van der Waals surface area contributed by atoms with Crippen molar-refractivity contribution < 1.29 is 9.90 Å². The predicted molar refractivity (Wildman–Crippen MR) is 101 cm³/mol. The summed E-state index contributed by atoms with van der Waals surface area (Å²) < 4.78 is 1.73. The van der Waals surface area contributed by atoms with E-state index >= 15 is 0 Å². The first-order chi connectivity index (χ1) is 12.5. The van der Waals surface area contributed by atoms with Gasteiger partial charge in [0.2, 0.25) is 0 Å². The topological polar surface area (TPSA) is 67.2 Å². The third-order valence-electron chi connectivity index (χ3n) is 4.18. The Bertz CT molecular complexity index is 890. The van der Waals surface area contributed by atoms with Crippen molar-refractivity contribution in [1.82, 2.24) is 14.9 Å². The van der Waals surface area contributed by atoms with E-state index in [1.165, 1.54) is 0 Å². The molecule has 0 aliphatic rings. The molecule has 0 fully saturated rings. The molecule has 1 atom stereocenters. The van der Waals surface area contributed by atoms with Crippen LogP contribution in [0.2, 0.25) is 5.02 Å². The Labute approximate surface area is 157 Å². The Morgan fingerprint density at radius 3 is 2.65 bits per heavy atom. The number of aliphatic hydroxyl groups is 1. The van der Waals surface area contributed by atoms with Gasteiger partial charge in [-0.2, -0.15) is 0 Å². The fourth-order valence-corrected chi connectivity index (χ4v) is 2.92. The van der Waals surface area contributed by atoms with Gasteiger partial charge in [-0.25, -0.2) is 4.98 Å². The molecule has 2 N–H and O–H groups in total. The number of nitrogens with zero attached hydrogens (tertiary/aromatic N) is 2. The average molecular weight is 370 g/mol. The Balaban J connectivity index is 1.69. The van der Waals surface area contributed by atoms with Crippen LogP contribution in [0.15, 0.2) is 60.9 Å². The highest BCUT2D eigenvalue weighted by Crippen LogP contribution is 2.17. The van der Waals surface area contributed by atoms with E-state index in [1.54, 1.807) is 30.1 Å². The molecule has 3 rings (SSSR count). The summed E-state index contributed by atoms with van der Waals surface area (Å²) in [6, 6.07) is 15.0. The molecule has 0 radical (unpaired) electrons. The lowest BCUT2D eigenvalue weighted by molar-refractivity contribution is 0.0908. The summed E-state index contributed by atoms with van der Waals surface area (Å²) in [7, 11) is 1.80. The maximum absolute atomic E-state index is 12.6. The van der Waals surface area contributed by atoms with Crippen LogP contribution in [0.5, 0.6) is 0 Å². The zero-order valence-corrected chi connectivity index (χ0v) is 15.1. The summed E-state index contributed by atoms with van der Waals surface area (Å²) in [5.74, 6) is 0.294. The summed E-state index contributed by atoms with van der Waals surface area (Å²) in [6.07, 6.45) is 3.13. The smallest absolute Gasteiger partial charge is 0.251 e. The molecule has 26 heavy (non-hydrogen) atoms. The standard InChI is InChI=1S/C20H20ClN3O2/c1-24-11-10-22-19(24)18(25)13-23-20(26)17-5-3-2-4-15(17)12-14-6-8-16(21)9-7-14/h2-11,18,25H,12-13H2,1H3,(H,23,26)/t18-/m0/s1. The second-order valence-electron chi connectivity index (χ2n) is 6.08. The molecule has 3 aromatic rings. The summed E-state index contributed by atoms with van der Waals surface area (Å²) in [5, 5.41) is 13.7. The minimum absolute atomic E-state index is 0.0962. The monoisotopic (exact) mass is 369 g/mol. The number of imidazole rings is 1. The minimum atomic E-state index is -0.859. The van der Waals surface area contributed by atoms with Crippen molar-refractivity contribution in [2.75, 3.05) is 6.54 Å². The number of carbonyl (C=O) groups excluding carboxylic acids is 1. The zero-order valence-electron chi connectivity index (χ0n) is 14.4. The van der Waals surface area contributed by atoms with E-state index in [1.807, 2.05) is 42.5 Å². The molecule has 0 spiro atoms. The minimum Gasteiger partial charge on any atom is -0.383 e. The van der Waals surface area contributed by atoms with Gasteiger partial charge in [-0.1, -0.05) is 41.9 Å². The van der Waals surface area contributed by atoms with Crippen LogP contribution in [0.4, 0.5) is 0 Å². The van der Waals surface area contributed by atoms with Gasteiger partial charge < -0.3 is 15.0 Å². The molecule has 1 aromatic heterocycles. The Kier molecular flexibility index (Phi) is 5.71. The summed E-state index contributed by atoms with van der Waals surface area (Å²) in [6.45, 7) is 0.0962. The number of hydrogen-bond acceptors (Lipinski definition) is 3. The van der Waals surface area contributed by atoms with Crippen LogP contribution in [0.25, 0.3) is 0 Å². The molecule has 0 aliphatic heterocycles. The SMILES string of the molecule is Cn1ccnc1[C@@H](O)CNC(=O)c1ccccc1Cc1ccc(Cl)cc1. The van der Waals surface area contributed by atoms with E-state index in [-0.39, 0.29) is 12.5 Å². The number of benzene rings is 2. The van der Waals surface area contributed by atoms with E-state index < -0.39 is 6.10 Å². The van der Waals surface area contributed by atoms with Crippen LogP contribution in [0.3, 0.4) is 0 Å². The maximum atomic E-state index is 12.6. The Morgan fingerprint density at radius 1 is 1.23 bits per heavy atom. The summed E-state index contributed by atoms with van der Waals surface area (Å²) in [4.78, 5) is 16.7. The lowest BCUT2D eigenvalue weighted by Crippen LogP contribution is -2.30. The van der Waals surface area contributed by atoms with Gasteiger partial charge >= 0.3 is 0 Å². The lowest BCUT2D eigenvalue weighted by Gasteiger charge is -2.14. The number of hydrogen-bond donors (Lipinski definition) is 2. The molecule has 0 saturated carbocycles. The molecule has 6 heteroatoms. The van der Waals surface area contributed by atoms with E-state index in [0.29, 0.717) is 22.8 Å². The molecule has 0 bridgehead atoms. The number of amides is 1. The highest BCUT2D eigenvalue weighted by molar-refractivity contribution is 6.30. The summed E-state index contributed by atoms with van der Waals surface area (Å²) >= 11 is 5.93. The van der Waals surface area contributed by atoms with E-state index in [0.717, 1.165) is 11.1 Å². The quantitative estimate of drug-likeness (QED) is 0.701. The van der Waals surface area contributed by atoms with Gasteiger partial charge in [0.1, 0.15) is 11.9 Å². The molecule has 2 aromatic carbocycles. The largest absolute Gasteiger partial charge is 0.383 e. The van der Waals surface area contributed by atoms with E-state index in [4.69, 9.17) is 11.6 Å². The number of nitrogens with one attached hydrogen (secondary N) is 1. The van der Waals surface area contributed by atoms with Crippen LogP contribution in [0.1, 0.15) is 33.4 Å². The molecule has 5 nitrogen and oxygen atoms in total. The molecule has 0 unspecified atom stereocenters. The molecular formula is C20H20ClN3O2. The van der Waals surface area contributed by atoms with Gasteiger partial charge in [-0.15, -0.1) is 0 Å². The second kappa shape index (κ2) is 8.17. The van der Waals surface area contributed by atoms with Crippen molar-refractivity contribution in [3.63, 3.8) is 0 Å². The molecule has 0 aliphatic carbocycles. The van der Waals surface area contributed by atoms with Crippen molar-refractivity contribution in [1.29, 1.82) is 0 Å². The van der Waals surface area contributed by atoms with Crippen molar-refractivity contribution >= 4 is 17.5 Å². The van der Waals surface area contributed by atoms with Crippen molar-refractivity contribution in [2.24, 2.45) is 7.05 Å². The lowest BCUT2D eigenvalue weighted by atomic mass is 9.99. The van der Waals surface area contributed by atoms with Crippen LogP contribution in [0, 0.1) is 0 Å². The first-order valence-electron chi connectivity index (χ1n) is 8.30. The third-order valence-corrected chi connectivity index (χ3v) is 4.43. The maximum Gasteiger partial charge on any atom is 0.251 e. The normalized spacial score (nSPS) is 12.0.